The van der Waals surface area contributed by atoms with E-state index in [4.69, 9.17) is 4.42 Å². The predicted molar refractivity (Wildman–Crippen MR) is 66.2 cm³/mol. The van der Waals surface area contributed by atoms with Gasteiger partial charge in [-0.1, -0.05) is 12.1 Å². The van der Waals surface area contributed by atoms with Crippen molar-refractivity contribution in [2.45, 2.75) is 19.4 Å². The Balaban J connectivity index is 2.18. The van der Waals surface area contributed by atoms with E-state index in [0.29, 0.717) is 22.2 Å². The molecule has 1 unspecified atom stereocenters. The van der Waals surface area contributed by atoms with Gasteiger partial charge in [0, 0.05) is 6.42 Å². The standard InChI is InChI=1S/C13H12BrFO2/c1-8-5-6-12(17-8)11(16)7-9-3-2-4-10(15)13(9)14/h2-6,11,16H,7H2,1H3. The van der Waals surface area contributed by atoms with E-state index in [1.54, 1.807) is 24.3 Å². The molecule has 0 saturated carbocycles. The highest BCUT2D eigenvalue weighted by molar-refractivity contribution is 9.10. The van der Waals surface area contributed by atoms with Crippen LogP contribution in [0.4, 0.5) is 4.39 Å². The van der Waals surface area contributed by atoms with Crippen LogP contribution in [-0.2, 0) is 6.42 Å². The maximum Gasteiger partial charge on any atom is 0.137 e. The normalized spacial score (nSPS) is 12.7. The number of halogens is 2. The van der Waals surface area contributed by atoms with Gasteiger partial charge in [0.05, 0.1) is 4.47 Å². The number of aliphatic hydroxyl groups excluding tert-OH is 1. The summed E-state index contributed by atoms with van der Waals surface area (Å²) in [5.74, 6) is 0.918. The van der Waals surface area contributed by atoms with Gasteiger partial charge in [-0.3, -0.25) is 0 Å². The Labute approximate surface area is 107 Å². The summed E-state index contributed by atoms with van der Waals surface area (Å²) in [6.07, 6.45) is -0.451. The third-order valence-electron chi connectivity index (χ3n) is 2.53. The van der Waals surface area contributed by atoms with Gasteiger partial charge in [-0.05, 0) is 46.6 Å². The highest BCUT2D eigenvalue weighted by Crippen LogP contribution is 2.26. The number of hydrogen-bond donors (Lipinski definition) is 1. The molecule has 4 heteroatoms. The molecule has 0 aliphatic carbocycles. The minimum atomic E-state index is -0.762. The zero-order valence-electron chi connectivity index (χ0n) is 9.28. The van der Waals surface area contributed by atoms with Crippen molar-refractivity contribution in [2.24, 2.45) is 0 Å². The number of rotatable bonds is 3. The smallest absolute Gasteiger partial charge is 0.137 e. The van der Waals surface area contributed by atoms with Crippen LogP contribution in [0.15, 0.2) is 39.2 Å². The average molecular weight is 299 g/mol. The maximum absolute atomic E-state index is 13.3. The van der Waals surface area contributed by atoms with Gasteiger partial charge in [0.25, 0.3) is 0 Å². The fourth-order valence-corrected chi connectivity index (χ4v) is 2.07. The van der Waals surface area contributed by atoms with E-state index in [9.17, 15) is 9.50 Å². The summed E-state index contributed by atoms with van der Waals surface area (Å²) >= 11 is 3.17. The van der Waals surface area contributed by atoms with Gasteiger partial charge in [-0.15, -0.1) is 0 Å². The molecular weight excluding hydrogens is 287 g/mol. The summed E-state index contributed by atoms with van der Waals surface area (Å²) in [5.41, 5.74) is 0.714. The molecule has 0 saturated heterocycles. The van der Waals surface area contributed by atoms with Crippen LogP contribution < -0.4 is 0 Å². The molecule has 2 rings (SSSR count). The molecule has 2 nitrogen and oxygen atoms in total. The van der Waals surface area contributed by atoms with Crippen LogP contribution in [0.25, 0.3) is 0 Å². The second-order valence-corrected chi connectivity index (χ2v) is 4.67. The van der Waals surface area contributed by atoms with E-state index >= 15 is 0 Å². The summed E-state index contributed by atoms with van der Waals surface area (Å²) in [5, 5.41) is 9.97. The molecule has 0 amide bonds. The van der Waals surface area contributed by atoms with Crippen LogP contribution in [-0.4, -0.2) is 5.11 Å². The molecule has 0 spiro atoms. The second kappa shape index (κ2) is 5.02. The third kappa shape index (κ3) is 2.76. The number of aliphatic hydroxyl groups is 1. The molecule has 1 aromatic carbocycles. The molecule has 1 heterocycles. The van der Waals surface area contributed by atoms with Crippen molar-refractivity contribution >= 4 is 15.9 Å². The first-order chi connectivity index (χ1) is 8.08. The molecule has 1 aromatic heterocycles. The highest BCUT2D eigenvalue weighted by atomic mass is 79.9. The molecule has 0 bridgehead atoms. The van der Waals surface area contributed by atoms with Crippen LogP contribution >= 0.6 is 15.9 Å². The van der Waals surface area contributed by atoms with Crippen LogP contribution in [0.2, 0.25) is 0 Å². The number of benzene rings is 1. The van der Waals surface area contributed by atoms with Crippen molar-refractivity contribution in [2.75, 3.05) is 0 Å². The summed E-state index contributed by atoms with van der Waals surface area (Å²) < 4.78 is 19.0. The van der Waals surface area contributed by atoms with Crippen LogP contribution in [0.3, 0.4) is 0 Å². The highest BCUT2D eigenvalue weighted by Gasteiger charge is 2.15. The van der Waals surface area contributed by atoms with Crippen molar-refractivity contribution in [1.82, 2.24) is 0 Å². The Hall–Kier alpha value is -1.13. The van der Waals surface area contributed by atoms with Crippen LogP contribution in [0.5, 0.6) is 0 Å². The van der Waals surface area contributed by atoms with Gasteiger partial charge < -0.3 is 9.52 Å². The minimum Gasteiger partial charge on any atom is -0.464 e. The summed E-state index contributed by atoms with van der Waals surface area (Å²) in [6.45, 7) is 1.81. The molecule has 2 aromatic rings. The fraction of sp³-hybridized carbons (Fsp3) is 0.231. The second-order valence-electron chi connectivity index (χ2n) is 3.88. The first-order valence-corrected chi connectivity index (χ1v) is 6.04. The topological polar surface area (TPSA) is 33.4 Å². The lowest BCUT2D eigenvalue weighted by atomic mass is 10.1. The molecular formula is C13H12BrFO2. The third-order valence-corrected chi connectivity index (χ3v) is 3.42. The fourth-order valence-electron chi connectivity index (χ4n) is 1.65. The van der Waals surface area contributed by atoms with E-state index in [0.717, 1.165) is 5.76 Å². The molecule has 1 atom stereocenters. The number of furan rings is 1. The first-order valence-electron chi connectivity index (χ1n) is 5.25. The number of hydrogen-bond acceptors (Lipinski definition) is 2. The van der Waals surface area contributed by atoms with Crippen molar-refractivity contribution in [3.63, 3.8) is 0 Å². The zero-order chi connectivity index (χ0) is 12.4. The lowest BCUT2D eigenvalue weighted by molar-refractivity contribution is 0.148. The van der Waals surface area contributed by atoms with Gasteiger partial charge in [-0.2, -0.15) is 0 Å². The molecule has 0 aliphatic rings. The first kappa shape index (κ1) is 12.3. The SMILES string of the molecule is Cc1ccc(C(O)Cc2cccc(F)c2Br)o1. The van der Waals surface area contributed by atoms with Crippen LogP contribution in [0, 0.1) is 12.7 Å². The monoisotopic (exact) mass is 298 g/mol. The van der Waals surface area contributed by atoms with Gasteiger partial charge >= 0.3 is 0 Å². The lowest BCUT2D eigenvalue weighted by Gasteiger charge is -2.09. The Kier molecular flexibility index (Phi) is 3.64. The predicted octanol–water partition coefficient (Wildman–Crippen LogP) is 3.77. The van der Waals surface area contributed by atoms with Gasteiger partial charge in [0.15, 0.2) is 0 Å². The van der Waals surface area contributed by atoms with Crippen LogP contribution in [0.1, 0.15) is 23.2 Å². The molecule has 17 heavy (non-hydrogen) atoms. The van der Waals surface area contributed by atoms with Crippen molar-refractivity contribution in [1.29, 1.82) is 0 Å². The zero-order valence-corrected chi connectivity index (χ0v) is 10.9. The number of aryl methyl sites for hydroxylation is 1. The van der Waals surface area contributed by atoms with E-state index in [1.165, 1.54) is 6.07 Å². The Morgan fingerprint density at radius 2 is 2.12 bits per heavy atom. The lowest BCUT2D eigenvalue weighted by Crippen LogP contribution is -2.01. The summed E-state index contributed by atoms with van der Waals surface area (Å²) in [6, 6.07) is 8.28. The molecule has 90 valence electrons. The molecule has 0 aliphatic heterocycles. The Morgan fingerprint density at radius 1 is 1.35 bits per heavy atom. The van der Waals surface area contributed by atoms with Crippen molar-refractivity contribution < 1.29 is 13.9 Å². The van der Waals surface area contributed by atoms with Crippen molar-refractivity contribution in [3.05, 3.63) is 57.7 Å². The minimum absolute atomic E-state index is 0.311. The van der Waals surface area contributed by atoms with E-state index in [1.807, 2.05) is 6.92 Å². The van der Waals surface area contributed by atoms with E-state index in [2.05, 4.69) is 15.9 Å². The average Bonchev–Trinajstić information content (AvgIpc) is 2.72. The van der Waals surface area contributed by atoms with Gasteiger partial charge in [0.2, 0.25) is 0 Å². The Bertz CT molecular complexity index is 522. The van der Waals surface area contributed by atoms with Crippen molar-refractivity contribution in [3.8, 4) is 0 Å². The molecule has 0 radical (unpaired) electrons. The maximum atomic E-state index is 13.3. The van der Waals surface area contributed by atoms with Gasteiger partial charge in [-0.25, -0.2) is 4.39 Å². The summed E-state index contributed by atoms with van der Waals surface area (Å²) in [7, 11) is 0. The Morgan fingerprint density at radius 3 is 2.76 bits per heavy atom. The molecule has 0 fully saturated rings. The van der Waals surface area contributed by atoms with E-state index in [-0.39, 0.29) is 5.82 Å². The van der Waals surface area contributed by atoms with Gasteiger partial charge in [0.1, 0.15) is 23.4 Å². The largest absolute Gasteiger partial charge is 0.464 e. The van der Waals surface area contributed by atoms with E-state index < -0.39 is 6.10 Å². The molecule has 1 N–H and O–H groups in total. The quantitative estimate of drug-likeness (QED) is 0.936. The summed E-state index contributed by atoms with van der Waals surface area (Å²) in [4.78, 5) is 0.